The first-order chi connectivity index (χ1) is 8.41. The van der Waals surface area contributed by atoms with Gasteiger partial charge >= 0.3 is 5.97 Å². The number of anilines is 1. The molecule has 0 fully saturated rings. The Hall–Kier alpha value is -2.08. The lowest BCUT2D eigenvalue weighted by Gasteiger charge is -2.04. The molecule has 0 saturated heterocycles. The van der Waals surface area contributed by atoms with E-state index in [1.165, 1.54) is 16.8 Å². The third-order valence-electron chi connectivity index (χ3n) is 2.52. The highest BCUT2D eigenvalue weighted by molar-refractivity contribution is 6.30. The average molecular weight is 270 g/mol. The molecule has 0 amide bonds. The van der Waals surface area contributed by atoms with Gasteiger partial charge in [-0.1, -0.05) is 11.6 Å². The van der Waals surface area contributed by atoms with Crippen molar-refractivity contribution in [1.82, 2.24) is 9.78 Å². The standard InChI is InChI=1S/C11H9ClFN3O2/c1-5-9(11(17)18)15-16(10(5)14)6-2-3-8(13)7(12)4-6/h2-4H,14H2,1H3,(H,17,18). The maximum atomic E-state index is 13.0. The molecule has 0 radical (unpaired) electrons. The van der Waals surface area contributed by atoms with Gasteiger partial charge in [0, 0.05) is 5.56 Å². The highest BCUT2D eigenvalue weighted by Crippen LogP contribution is 2.23. The number of aromatic carboxylic acids is 1. The van der Waals surface area contributed by atoms with E-state index >= 15 is 0 Å². The number of hydrogen-bond donors (Lipinski definition) is 2. The Kier molecular flexibility index (Phi) is 2.96. The van der Waals surface area contributed by atoms with Gasteiger partial charge in [0.05, 0.1) is 10.7 Å². The minimum absolute atomic E-state index is 0.0862. The molecule has 0 saturated carbocycles. The Balaban J connectivity index is 2.61. The molecule has 0 spiro atoms. The summed E-state index contributed by atoms with van der Waals surface area (Å²) in [6.07, 6.45) is 0. The topological polar surface area (TPSA) is 81.1 Å². The molecule has 2 rings (SSSR count). The van der Waals surface area contributed by atoms with Gasteiger partial charge in [0.25, 0.3) is 0 Å². The zero-order chi connectivity index (χ0) is 13.4. The molecule has 0 atom stereocenters. The minimum Gasteiger partial charge on any atom is -0.476 e. The van der Waals surface area contributed by atoms with Crippen molar-refractivity contribution >= 4 is 23.4 Å². The highest BCUT2D eigenvalue weighted by Gasteiger charge is 2.18. The number of aromatic nitrogens is 2. The molecule has 0 bridgehead atoms. The van der Waals surface area contributed by atoms with Crippen LogP contribution in [0, 0.1) is 12.7 Å². The summed E-state index contributed by atoms with van der Waals surface area (Å²) < 4.78 is 14.3. The lowest BCUT2D eigenvalue weighted by Crippen LogP contribution is -2.03. The van der Waals surface area contributed by atoms with Gasteiger partial charge in [0.1, 0.15) is 11.6 Å². The van der Waals surface area contributed by atoms with Gasteiger partial charge in [0.15, 0.2) is 5.69 Å². The molecule has 3 N–H and O–H groups in total. The molecule has 2 aromatic rings. The molecule has 94 valence electrons. The second-order valence-corrected chi connectivity index (χ2v) is 4.08. The van der Waals surface area contributed by atoms with Crippen LogP contribution in [0.25, 0.3) is 5.69 Å². The second kappa shape index (κ2) is 4.30. The van der Waals surface area contributed by atoms with Crippen LogP contribution in [0.4, 0.5) is 10.2 Å². The van der Waals surface area contributed by atoms with Crippen molar-refractivity contribution < 1.29 is 14.3 Å². The first-order valence-corrected chi connectivity index (χ1v) is 5.33. The average Bonchev–Trinajstić information content (AvgIpc) is 2.60. The maximum Gasteiger partial charge on any atom is 0.356 e. The maximum absolute atomic E-state index is 13.0. The fourth-order valence-electron chi connectivity index (χ4n) is 1.53. The number of nitrogens with zero attached hydrogens (tertiary/aromatic N) is 2. The van der Waals surface area contributed by atoms with Crippen LogP contribution in [0.2, 0.25) is 5.02 Å². The molecule has 7 heteroatoms. The molecule has 1 aromatic carbocycles. The number of carboxylic acid groups (broad SMARTS) is 1. The van der Waals surface area contributed by atoms with E-state index in [1.54, 1.807) is 6.92 Å². The van der Waals surface area contributed by atoms with Crippen LogP contribution in [0.3, 0.4) is 0 Å². The summed E-state index contributed by atoms with van der Waals surface area (Å²) in [6.45, 7) is 1.55. The van der Waals surface area contributed by atoms with Gasteiger partial charge in [-0.2, -0.15) is 5.10 Å². The molecule has 0 aliphatic rings. The van der Waals surface area contributed by atoms with E-state index in [4.69, 9.17) is 22.4 Å². The number of carbonyl (C=O) groups is 1. The Morgan fingerprint density at radius 2 is 2.22 bits per heavy atom. The van der Waals surface area contributed by atoms with Crippen LogP contribution in [0.15, 0.2) is 18.2 Å². The van der Waals surface area contributed by atoms with Crippen molar-refractivity contribution in [2.45, 2.75) is 6.92 Å². The lowest BCUT2D eigenvalue weighted by molar-refractivity contribution is 0.0689. The van der Waals surface area contributed by atoms with Gasteiger partial charge in [-0.15, -0.1) is 0 Å². The van der Waals surface area contributed by atoms with E-state index in [0.29, 0.717) is 11.3 Å². The van der Waals surface area contributed by atoms with E-state index in [0.717, 1.165) is 6.07 Å². The Labute approximate surface area is 107 Å². The van der Waals surface area contributed by atoms with E-state index in [2.05, 4.69) is 5.10 Å². The summed E-state index contributed by atoms with van der Waals surface area (Å²) in [5.41, 5.74) is 6.36. The van der Waals surface area contributed by atoms with Crippen LogP contribution in [-0.2, 0) is 0 Å². The van der Waals surface area contributed by atoms with Gasteiger partial charge in [-0.3, -0.25) is 0 Å². The molecule has 5 nitrogen and oxygen atoms in total. The second-order valence-electron chi connectivity index (χ2n) is 3.67. The predicted molar refractivity (Wildman–Crippen MR) is 64.6 cm³/mol. The summed E-state index contributed by atoms with van der Waals surface area (Å²) in [6, 6.07) is 3.90. The van der Waals surface area contributed by atoms with E-state index in [1.807, 2.05) is 0 Å². The van der Waals surface area contributed by atoms with E-state index in [-0.39, 0.29) is 16.5 Å². The summed E-state index contributed by atoms with van der Waals surface area (Å²) in [7, 11) is 0. The fraction of sp³-hybridized carbons (Fsp3) is 0.0909. The lowest BCUT2D eigenvalue weighted by atomic mass is 10.2. The van der Waals surface area contributed by atoms with Crippen molar-refractivity contribution in [3.05, 3.63) is 40.3 Å². The SMILES string of the molecule is Cc1c(C(=O)O)nn(-c2ccc(F)c(Cl)c2)c1N. The molecule has 0 aliphatic heterocycles. The van der Waals surface area contributed by atoms with Gasteiger partial charge in [-0.25, -0.2) is 13.9 Å². The molecule has 0 unspecified atom stereocenters. The normalized spacial score (nSPS) is 10.6. The third kappa shape index (κ3) is 1.91. The largest absolute Gasteiger partial charge is 0.476 e. The highest BCUT2D eigenvalue weighted by atomic mass is 35.5. The number of nitrogen functional groups attached to an aromatic ring is 1. The van der Waals surface area contributed by atoms with Crippen molar-refractivity contribution in [2.24, 2.45) is 0 Å². The summed E-state index contributed by atoms with van der Waals surface area (Å²) in [5.74, 6) is -1.57. The minimum atomic E-state index is -1.17. The summed E-state index contributed by atoms with van der Waals surface area (Å²) >= 11 is 5.65. The molecule has 1 aromatic heterocycles. The first-order valence-electron chi connectivity index (χ1n) is 4.95. The molecule has 18 heavy (non-hydrogen) atoms. The van der Waals surface area contributed by atoms with Crippen LogP contribution in [0.1, 0.15) is 16.1 Å². The van der Waals surface area contributed by atoms with Crippen molar-refractivity contribution in [3.63, 3.8) is 0 Å². The number of carboxylic acids is 1. The number of hydrogen-bond acceptors (Lipinski definition) is 3. The zero-order valence-electron chi connectivity index (χ0n) is 9.32. The first kappa shape index (κ1) is 12.4. The zero-order valence-corrected chi connectivity index (χ0v) is 10.1. The Bertz CT molecular complexity index is 639. The van der Waals surface area contributed by atoms with Crippen LogP contribution in [0.5, 0.6) is 0 Å². The Morgan fingerprint density at radius 1 is 1.56 bits per heavy atom. The quantitative estimate of drug-likeness (QED) is 0.876. The smallest absolute Gasteiger partial charge is 0.356 e. The molecular weight excluding hydrogens is 261 g/mol. The number of rotatable bonds is 2. The van der Waals surface area contributed by atoms with E-state index in [9.17, 15) is 9.18 Å². The van der Waals surface area contributed by atoms with Gasteiger partial charge in [-0.05, 0) is 25.1 Å². The summed E-state index contributed by atoms with van der Waals surface area (Å²) in [5, 5.41) is 12.7. The fourth-order valence-corrected chi connectivity index (χ4v) is 1.70. The number of halogens is 2. The third-order valence-corrected chi connectivity index (χ3v) is 2.81. The number of nitrogens with two attached hydrogens (primary N) is 1. The van der Waals surface area contributed by atoms with E-state index < -0.39 is 11.8 Å². The predicted octanol–water partition coefficient (Wildman–Crippen LogP) is 2.25. The van der Waals surface area contributed by atoms with Crippen molar-refractivity contribution in [1.29, 1.82) is 0 Å². The van der Waals surface area contributed by atoms with Crippen LogP contribution < -0.4 is 5.73 Å². The van der Waals surface area contributed by atoms with Gasteiger partial charge < -0.3 is 10.8 Å². The van der Waals surface area contributed by atoms with Crippen molar-refractivity contribution in [2.75, 3.05) is 5.73 Å². The molecular formula is C11H9ClFN3O2. The van der Waals surface area contributed by atoms with Crippen molar-refractivity contribution in [3.8, 4) is 5.69 Å². The van der Waals surface area contributed by atoms with Gasteiger partial charge in [0.2, 0.25) is 0 Å². The summed E-state index contributed by atoms with van der Waals surface area (Å²) in [4.78, 5) is 10.9. The molecule has 1 heterocycles. The van der Waals surface area contributed by atoms with Crippen LogP contribution >= 0.6 is 11.6 Å². The van der Waals surface area contributed by atoms with Crippen LogP contribution in [-0.4, -0.2) is 20.9 Å². The monoisotopic (exact) mass is 269 g/mol. The Morgan fingerprint density at radius 3 is 2.72 bits per heavy atom. The molecule has 0 aliphatic carbocycles. The number of benzene rings is 1.